The number of halogens is 4. The summed E-state index contributed by atoms with van der Waals surface area (Å²) in [5, 5.41) is 0.610. The van der Waals surface area contributed by atoms with Gasteiger partial charge in [-0.3, -0.25) is 0 Å². The largest absolute Gasteiger partial charge is 0.456 e. The van der Waals surface area contributed by atoms with E-state index >= 15 is 0 Å². The molecule has 20 heavy (non-hydrogen) atoms. The zero-order valence-corrected chi connectivity index (χ0v) is 10.2. The zero-order chi connectivity index (χ0) is 14.4. The Morgan fingerprint density at radius 2 is 1.55 bits per heavy atom. The summed E-state index contributed by atoms with van der Waals surface area (Å²) >= 11 is 0. The van der Waals surface area contributed by atoms with Crippen molar-refractivity contribution in [2.75, 3.05) is 0 Å². The van der Waals surface area contributed by atoms with Crippen LogP contribution in [0.2, 0.25) is 0 Å². The predicted octanol–water partition coefficient (Wildman–Crippen LogP) is 4.36. The van der Waals surface area contributed by atoms with Gasteiger partial charge in [-0.1, -0.05) is 18.2 Å². The molecular formula is C14H7F4NO. The van der Waals surface area contributed by atoms with Crippen LogP contribution in [0.1, 0.15) is 5.56 Å². The van der Waals surface area contributed by atoms with E-state index < -0.39 is 29.1 Å². The monoisotopic (exact) mass is 281 g/mol. The molecule has 0 spiro atoms. The minimum absolute atomic E-state index is 0.249. The van der Waals surface area contributed by atoms with E-state index in [0.29, 0.717) is 16.5 Å². The lowest BCUT2D eigenvalue weighted by atomic mass is 10.1. The van der Waals surface area contributed by atoms with Crippen molar-refractivity contribution in [1.29, 1.82) is 0 Å². The van der Waals surface area contributed by atoms with Gasteiger partial charge in [-0.05, 0) is 13.0 Å². The predicted molar refractivity (Wildman–Crippen MR) is 64.0 cm³/mol. The van der Waals surface area contributed by atoms with Crippen LogP contribution in [-0.2, 0) is 0 Å². The van der Waals surface area contributed by atoms with Crippen molar-refractivity contribution in [1.82, 2.24) is 4.98 Å². The zero-order valence-electron chi connectivity index (χ0n) is 10.2. The van der Waals surface area contributed by atoms with Crippen molar-refractivity contribution in [3.8, 4) is 11.3 Å². The summed E-state index contributed by atoms with van der Waals surface area (Å²) in [4.78, 5) is 2.52. The van der Waals surface area contributed by atoms with Gasteiger partial charge in [0.15, 0.2) is 11.6 Å². The standard InChI is InChI=1S/C14H7F4NO/c1-6-7-4-2-3-5-8(7)20-12(6)9-10(15)13(17)19-14(18)11(9)16/h2-5H,1H3. The fraction of sp³-hybridized carbons (Fsp3) is 0.0714. The molecule has 0 aliphatic rings. The number of pyridine rings is 1. The minimum atomic E-state index is -1.71. The number of hydrogen-bond acceptors (Lipinski definition) is 2. The molecule has 0 aliphatic carbocycles. The molecule has 6 heteroatoms. The summed E-state index contributed by atoms with van der Waals surface area (Å²) in [6.07, 6.45) is 0. The van der Waals surface area contributed by atoms with Gasteiger partial charge in [0.1, 0.15) is 11.3 Å². The lowest BCUT2D eigenvalue weighted by Gasteiger charge is -2.04. The maximum Gasteiger partial charge on any atom is 0.252 e. The molecule has 0 amide bonds. The summed E-state index contributed by atoms with van der Waals surface area (Å²) in [7, 11) is 0. The third-order valence-electron chi connectivity index (χ3n) is 3.07. The molecule has 0 saturated carbocycles. The van der Waals surface area contributed by atoms with E-state index in [9.17, 15) is 17.6 Å². The van der Waals surface area contributed by atoms with Crippen LogP contribution in [-0.4, -0.2) is 4.98 Å². The van der Waals surface area contributed by atoms with E-state index in [2.05, 4.69) is 4.98 Å². The third kappa shape index (κ3) is 1.68. The van der Waals surface area contributed by atoms with Crippen molar-refractivity contribution in [2.24, 2.45) is 0 Å². The lowest BCUT2D eigenvalue weighted by molar-refractivity contribution is 0.407. The van der Waals surface area contributed by atoms with Gasteiger partial charge in [0, 0.05) is 10.9 Å². The fourth-order valence-corrected chi connectivity index (χ4v) is 2.10. The molecule has 0 atom stereocenters. The number of furan rings is 1. The number of benzene rings is 1. The summed E-state index contributed by atoms with van der Waals surface area (Å²) < 4.78 is 59.1. The van der Waals surface area contributed by atoms with Crippen LogP contribution in [0.4, 0.5) is 17.6 Å². The summed E-state index contributed by atoms with van der Waals surface area (Å²) in [5.41, 5.74) is -0.122. The Morgan fingerprint density at radius 3 is 2.15 bits per heavy atom. The summed E-state index contributed by atoms with van der Waals surface area (Å²) in [6.45, 7) is 1.55. The summed E-state index contributed by atoms with van der Waals surface area (Å²) in [6, 6.07) is 6.67. The molecule has 0 bridgehead atoms. The number of hydrogen-bond donors (Lipinski definition) is 0. The first kappa shape index (κ1) is 12.7. The fourth-order valence-electron chi connectivity index (χ4n) is 2.10. The average molecular weight is 281 g/mol. The highest BCUT2D eigenvalue weighted by atomic mass is 19.2. The first-order valence-electron chi connectivity index (χ1n) is 5.69. The Balaban J connectivity index is 2.40. The van der Waals surface area contributed by atoms with Crippen molar-refractivity contribution in [2.45, 2.75) is 6.92 Å². The average Bonchev–Trinajstić information content (AvgIpc) is 2.75. The van der Waals surface area contributed by atoms with Gasteiger partial charge in [-0.15, -0.1) is 0 Å². The Labute approximate surface area is 110 Å². The number of aromatic nitrogens is 1. The Kier molecular flexibility index (Phi) is 2.74. The molecule has 0 N–H and O–H groups in total. The Hall–Kier alpha value is -2.37. The SMILES string of the molecule is Cc1c(-c2c(F)c(F)nc(F)c2F)oc2ccccc12. The van der Waals surface area contributed by atoms with Gasteiger partial charge in [0.2, 0.25) is 0 Å². The molecule has 2 nitrogen and oxygen atoms in total. The topological polar surface area (TPSA) is 26.0 Å². The van der Waals surface area contributed by atoms with Crippen molar-refractivity contribution in [3.05, 3.63) is 53.4 Å². The molecule has 1 aromatic carbocycles. The van der Waals surface area contributed by atoms with Crippen LogP contribution in [0, 0.1) is 30.5 Å². The van der Waals surface area contributed by atoms with E-state index in [1.807, 2.05) is 0 Å². The highest BCUT2D eigenvalue weighted by Crippen LogP contribution is 2.36. The molecule has 0 fully saturated rings. The van der Waals surface area contributed by atoms with Crippen LogP contribution in [0.3, 0.4) is 0 Å². The molecule has 0 saturated heterocycles. The number of aryl methyl sites for hydroxylation is 1. The quantitative estimate of drug-likeness (QED) is 0.489. The van der Waals surface area contributed by atoms with E-state index in [-0.39, 0.29) is 5.76 Å². The smallest absolute Gasteiger partial charge is 0.252 e. The maximum atomic E-state index is 13.7. The van der Waals surface area contributed by atoms with Crippen molar-refractivity contribution < 1.29 is 22.0 Å². The normalized spacial score (nSPS) is 11.2. The van der Waals surface area contributed by atoms with Crippen LogP contribution in [0.25, 0.3) is 22.3 Å². The van der Waals surface area contributed by atoms with Gasteiger partial charge in [0.05, 0.1) is 5.56 Å². The second-order valence-corrected chi connectivity index (χ2v) is 4.25. The molecule has 2 aromatic heterocycles. The molecule has 3 aromatic rings. The number of para-hydroxylation sites is 1. The van der Waals surface area contributed by atoms with Gasteiger partial charge in [-0.25, -0.2) is 8.78 Å². The highest BCUT2D eigenvalue weighted by Gasteiger charge is 2.26. The molecule has 0 radical (unpaired) electrons. The van der Waals surface area contributed by atoms with Gasteiger partial charge in [-0.2, -0.15) is 13.8 Å². The molecule has 0 unspecified atom stereocenters. The maximum absolute atomic E-state index is 13.7. The molecule has 102 valence electrons. The summed E-state index contributed by atoms with van der Waals surface area (Å²) in [5.74, 6) is -6.82. The third-order valence-corrected chi connectivity index (χ3v) is 3.07. The Bertz CT molecular complexity index is 799. The van der Waals surface area contributed by atoms with Crippen molar-refractivity contribution in [3.63, 3.8) is 0 Å². The van der Waals surface area contributed by atoms with Crippen molar-refractivity contribution >= 4 is 11.0 Å². The number of rotatable bonds is 1. The van der Waals surface area contributed by atoms with E-state index in [1.54, 1.807) is 31.2 Å². The van der Waals surface area contributed by atoms with Crippen LogP contribution < -0.4 is 0 Å². The second kappa shape index (κ2) is 4.33. The second-order valence-electron chi connectivity index (χ2n) is 4.25. The molecule has 2 heterocycles. The van der Waals surface area contributed by atoms with E-state index in [1.165, 1.54) is 0 Å². The van der Waals surface area contributed by atoms with Gasteiger partial charge >= 0.3 is 0 Å². The number of nitrogens with zero attached hydrogens (tertiary/aromatic N) is 1. The van der Waals surface area contributed by atoms with Gasteiger partial charge in [0.25, 0.3) is 11.9 Å². The van der Waals surface area contributed by atoms with Crippen LogP contribution >= 0.6 is 0 Å². The van der Waals surface area contributed by atoms with Crippen LogP contribution in [0.15, 0.2) is 28.7 Å². The first-order chi connectivity index (χ1) is 9.50. The van der Waals surface area contributed by atoms with E-state index in [0.717, 1.165) is 0 Å². The highest BCUT2D eigenvalue weighted by molar-refractivity contribution is 5.87. The first-order valence-corrected chi connectivity index (χ1v) is 5.69. The molecule has 3 rings (SSSR count). The lowest BCUT2D eigenvalue weighted by Crippen LogP contribution is -2.03. The van der Waals surface area contributed by atoms with E-state index in [4.69, 9.17) is 4.42 Å². The number of fused-ring (bicyclic) bond motifs is 1. The molecular weight excluding hydrogens is 274 g/mol. The Morgan fingerprint density at radius 1 is 0.950 bits per heavy atom. The van der Waals surface area contributed by atoms with Crippen LogP contribution in [0.5, 0.6) is 0 Å². The van der Waals surface area contributed by atoms with Gasteiger partial charge < -0.3 is 4.42 Å². The minimum Gasteiger partial charge on any atom is -0.456 e. The molecule has 0 aliphatic heterocycles.